The molecule has 112 valence electrons. The van der Waals surface area contributed by atoms with Crippen molar-refractivity contribution in [2.45, 2.75) is 6.54 Å². The summed E-state index contributed by atoms with van der Waals surface area (Å²) >= 11 is 5.01. The lowest BCUT2D eigenvalue weighted by molar-refractivity contribution is 0.0683. The second-order valence-electron chi connectivity index (χ2n) is 4.53. The number of rotatable bonds is 6. The van der Waals surface area contributed by atoms with E-state index < -0.39 is 0 Å². The van der Waals surface area contributed by atoms with Crippen molar-refractivity contribution in [2.24, 2.45) is 0 Å². The van der Waals surface area contributed by atoms with Crippen LogP contribution in [0.4, 0.5) is 5.69 Å². The zero-order chi connectivity index (χ0) is 15.2. The summed E-state index contributed by atoms with van der Waals surface area (Å²) < 4.78 is 5.94. The number of benzene rings is 1. The number of methoxy groups -OCH3 is 1. The molecular weight excluding hydrogens is 352 g/mol. The van der Waals surface area contributed by atoms with E-state index in [1.165, 1.54) is 0 Å². The minimum atomic E-state index is -0.0840. The fraction of sp³-hybridized carbons (Fsp3) is 0.267. The largest absolute Gasteiger partial charge is 0.398 e. The van der Waals surface area contributed by atoms with Crippen LogP contribution < -0.4 is 5.73 Å². The van der Waals surface area contributed by atoms with Gasteiger partial charge in [-0.05, 0) is 29.6 Å². The molecular formula is C15H17BrN2O2S. The second kappa shape index (κ2) is 7.59. The zero-order valence-electron chi connectivity index (χ0n) is 11.7. The molecule has 0 aliphatic heterocycles. The third-order valence-electron chi connectivity index (χ3n) is 3.03. The maximum Gasteiger partial charge on any atom is 0.256 e. The third-order valence-corrected chi connectivity index (χ3v) is 4.38. The molecule has 0 bridgehead atoms. The summed E-state index contributed by atoms with van der Waals surface area (Å²) in [6, 6.07) is 9.31. The SMILES string of the molecule is COCCN(Cc1cccs1)C(=O)c1cc(Br)ccc1N. The average Bonchev–Trinajstić information content (AvgIpc) is 2.98. The lowest BCUT2D eigenvalue weighted by Crippen LogP contribution is -2.33. The van der Waals surface area contributed by atoms with Gasteiger partial charge in [0.1, 0.15) is 0 Å². The van der Waals surface area contributed by atoms with Gasteiger partial charge in [-0.1, -0.05) is 22.0 Å². The lowest BCUT2D eigenvalue weighted by Gasteiger charge is -2.22. The topological polar surface area (TPSA) is 55.6 Å². The van der Waals surface area contributed by atoms with Gasteiger partial charge in [0.15, 0.2) is 0 Å². The van der Waals surface area contributed by atoms with Gasteiger partial charge < -0.3 is 15.4 Å². The first-order chi connectivity index (χ1) is 10.1. The number of nitrogen functional groups attached to an aromatic ring is 1. The molecule has 0 saturated carbocycles. The summed E-state index contributed by atoms with van der Waals surface area (Å²) in [6.07, 6.45) is 0. The van der Waals surface area contributed by atoms with Gasteiger partial charge in [-0.15, -0.1) is 11.3 Å². The number of hydrogen-bond donors (Lipinski definition) is 1. The molecule has 1 amide bonds. The fourth-order valence-electron chi connectivity index (χ4n) is 1.93. The van der Waals surface area contributed by atoms with E-state index in [0.717, 1.165) is 9.35 Å². The summed E-state index contributed by atoms with van der Waals surface area (Å²) in [7, 11) is 1.63. The Morgan fingerprint density at radius 1 is 1.43 bits per heavy atom. The molecule has 0 atom stereocenters. The Balaban J connectivity index is 2.22. The molecule has 0 saturated heterocycles. The number of nitrogens with zero attached hydrogens (tertiary/aromatic N) is 1. The van der Waals surface area contributed by atoms with Crippen LogP contribution in [0.2, 0.25) is 0 Å². The lowest BCUT2D eigenvalue weighted by atomic mass is 10.1. The smallest absolute Gasteiger partial charge is 0.256 e. The van der Waals surface area contributed by atoms with Crippen molar-refractivity contribution in [3.05, 3.63) is 50.6 Å². The van der Waals surface area contributed by atoms with Crippen LogP contribution in [0.25, 0.3) is 0 Å². The van der Waals surface area contributed by atoms with Crippen molar-refractivity contribution in [3.63, 3.8) is 0 Å². The molecule has 0 unspecified atom stereocenters. The van der Waals surface area contributed by atoms with Crippen molar-refractivity contribution in [1.29, 1.82) is 0 Å². The highest BCUT2D eigenvalue weighted by Gasteiger charge is 2.19. The van der Waals surface area contributed by atoms with Crippen molar-refractivity contribution in [3.8, 4) is 0 Å². The Bertz CT molecular complexity index is 602. The Labute approximate surface area is 136 Å². The molecule has 2 rings (SSSR count). The normalized spacial score (nSPS) is 10.6. The Morgan fingerprint density at radius 2 is 2.24 bits per heavy atom. The van der Waals surface area contributed by atoms with Crippen molar-refractivity contribution < 1.29 is 9.53 Å². The van der Waals surface area contributed by atoms with Crippen LogP contribution in [0.1, 0.15) is 15.2 Å². The van der Waals surface area contributed by atoms with E-state index in [1.54, 1.807) is 35.5 Å². The summed E-state index contributed by atoms with van der Waals surface area (Å²) in [4.78, 5) is 15.6. The molecule has 2 N–H and O–H groups in total. The van der Waals surface area contributed by atoms with Crippen LogP contribution in [0, 0.1) is 0 Å². The summed E-state index contributed by atoms with van der Waals surface area (Å²) in [5.41, 5.74) is 6.93. The number of halogens is 1. The highest BCUT2D eigenvalue weighted by molar-refractivity contribution is 9.10. The summed E-state index contributed by atoms with van der Waals surface area (Å²) in [5.74, 6) is -0.0840. The van der Waals surface area contributed by atoms with Crippen molar-refractivity contribution in [1.82, 2.24) is 4.90 Å². The van der Waals surface area contributed by atoms with E-state index in [9.17, 15) is 4.79 Å². The van der Waals surface area contributed by atoms with Gasteiger partial charge in [-0.3, -0.25) is 4.79 Å². The number of nitrogens with two attached hydrogens (primary N) is 1. The number of anilines is 1. The van der Waals surface area contributed by atoms with Gasteiger partial charge in [0.2, 0.25) is 0 Å². The molecule has 21 heavy (non-hydrogen) atoms. The second-order valence-corrected chi connectivity index (χ2v) is 6.48. The van der Waals surface area contributed by atoms with E-state index in [4.69, 9.17) is 10.5 Å². The minimum absolute atomic E-state index is 0.0840. The summed E-state index contributed by atoms with van der Waals surface area (Å²) in [5, 5.41) is 2.00. The van der Waals surface area contributed by atoms with Crippen LogP contribution in [-0.2, 0) is 11.3 Å². The molecule has 1 heterocycles. The highest BCUT2D eigenvalue weighted by atomic mass is 79.9. The number of carbonyl (C=O) groups excluding carboxylic acids is 1. The van der Waals surface area contributed by atoms with Crippen LogP contribution in [-0.4, -0.2) is 31.1 Å². The fourth-order valence-corrected chi connectivity index (χ4v) is 3.01. The van der Waals surface area contributed by atoms with Crippen LogP contribution in [0.3, 0.4) is 0 Å². The van der Waals surface area contributed by atoms with Crippen molar-refractivity contribution >= 4 is 38.9 Å². The molecule has 1 aromatic carbocycles. The first kappa shape index (κ1) is 16.0. The van der Waals surface area contributed by atoms with Gasteiger partial charge in [0.25, 0.3) is 5.91 Å². The standard InChI is InChI=1S/C15H17BrN2O2S/c1-20-7-6-18(10-12-3-2-8-21-12)15(19)13-9-11(16)4-5-14(13)17/h2-5,8-9H,6-7,10,17H2,1H3. The monoisotopic (exact) mass is 368 g/mol. The number of ether oxygens (including phenoxy) is 1. The maximum absolute atomic E-state index is 12.7. The highest BCUT2D eigenvalue weighted by Crippen LogP contribution is 2.21. The molecule has 6 heteroatoms. The number of amides is 1. The van der Waals surface area contributed by atoms with Gasteiger partial charge in [0.05, 0.1) is 18.7 Å². The molecule has 4 nitrogen and oxygen atoms in total. The van der Waals surface area contributed by atoms with Crippen LogP contribution in [0.15, 0.2) is 40.2 Å². The predicted molar refractivity (Wildman–Crippen MR) is 89.5 cm³/mol. The average molecular weight is 369 g/mol. The number of hydrogen-bond acceptors (Lipinski definition) is 4. The first-order valence-corrected chi connectivity index (χ1v) is 8.14. The van der Waals surface area contributed by atoms with E-state index in [0.29, 0.717) is 30.9 Å². The Kier molecular flexibility index (Phi) is 5.78. The van der Waals surface area contributed by atoms with Crippen LogP contribution in [0.5, 0.6) is 0 Å². The Hall–Kier alpha value is -1.37. The minimum Gasteiger partial charge on any atom is -0.398 e. The van der Waals surface area contributed by atoms with E-state index in [-0.39, 0.29) is 5.91 Å². The molecule has 1 aromatic heterocycles. The molecule has 0 radical (unpaired) electrons. The molecule has 0 spiro atoms. The van der Waals surface area contributed by atoms with Gasteiger partial charge in [-0.25, -0.2) is 0 Å². The van der Waals surface area contributed by atoms with Gasteiger partial charge in [0, 0.05) is 28.7 Å². The number of carbonyl (C=O) groups is 1. The van der Waals surface area contributed by atoms with E-state index >= 15 is 0 Å². The first-order valence-electron chi connectivity index (χ1n) is 6.47. The number of thiophene rings is 1. The third kappa shape index (κ3) is 4.30. The Morgan fingerprint density at radius 3 is 2.90 bits per heavy atom. The van der Waals surface area contributed by atoms with Gasteiger partial charge in [-0.2, -0.15) is 0 Å². The van der Waals surface area contributed by atoms with E-state index in [1.807, 2.05) is 23.6 Å². The molecule has 0 aliphatic rings. The molecule has 0 fully saturated rings. The molecule has 0 aliphatic carbocycles. The predicted octanol–water partition coefficient (Wildman–Crippen LogP) is 3.38. The maximum atomic E-state index is 12.7. The quantitative estimate of drug-likeness (QED) is 0.795. The summed E-state index contributed by atoms with van der Waals surface area (Å²) in [6.45, 7) is 1.58. The zero-order valence-corrected chi connectivity index (χ0v) is 14.1. The van der Waals surface area contributed by atoms with Crippen LogP contribution >= 0.6 is 27.3 Å². The van der Waals surface area contributed by atoms with E-state index in [2.05, 4.69) is 15.9 Å². The molecule has 2 aromatic rings. The van der Waals surface area contributed by atoms with Gasteiger partial charge >= 0.3 is 0 Å². The van der Waals surface area contributed by atoms with Crippen molar-refractivity contribution in [2.75, 3.05) is 26.0 Å².